The Kier molecular flexibility index (Phi) is 4.48. The lowest BCUT2D eigenvalue weighted by molar-refractivity contribution is -0.117. The zero-order chi connectivity index (χ0) is 18.5. The summed E-state index contributed by atoms with van der Waals surface area (Å²) in [6.45, 7) is 0.620. The van der Waals surface area contributed by atoms with E-state index in [0.717, 1.165) is 51.4 Å². The molecule has 0 aromatic heterocycles. The van der Waals surface area contributed by atoms with E-state index in [4.69, 9.17) is 5.14 Å². The monoisotopic (exact) mass is 375 g/mol. The molecule has 0 aliphatic heterocycles. The van der Waals surface area contributed by atoms with Crippen molar-refractivity contribution in [2.24, 2.45) is 9.50 Å². The maximum Gasteiger partial charge on any atom is 0.259 e. The highest BCUT2D eigenvalue weighted by Crippen LogP contribution is 2.43. The van der Waals surface area contributed by atoms with Crippen molar-refractivity contribution in [2.75, 3.05) is 20.6 Å². The molecule has 1 aromatic carbocycles. The molecule has 5 nitrogen and oxygen atoms in total. The molecule has 142 valence electrons. The molecule has 0 radical (unpaired) electrons. The van der Waals surface area contributed by atoms with Crippen molar-refractivity contribution in [1.29, 1.82) is 0 Å². The second-order valence-electron chi connectivity index (χ2n) is 8.49. The predicted octanol–water partition coefficient (Wildman–Crippen LogP) is 2.17. The minimum Gasteiger partial charge on any atom is -0.308 e. The van der Waals surface area contributed by atoms with Crippen molar-refractivity contribution in [3.05, 3.63) is 33.9 Å². The van der Waals surface area contributed by atoms with Crippen LogP contribution in [0.5, 0.6) is 0 Å². The molecule has 0 saturated heterocycles. The van der Waals surface area contributed by atoms with E-state index in [0.29, 0.717) is 6.54 Å². The Morgan fingerprint density at radius 1 is 1.15 bits per heavy atom. The van der Waals surface area contributed by atoms with Crippen molar-refractivity contribution < 1.29 is 9.00 Å². The lowest BCUT2D eigenvalue weighted by Crippen LogP contribution is -2.39. The number of rotatable bonds is 5. The zero-order valence-electron chi connectivity index (χ0n) is 15.8. The van der Waals surface area contributed by atoms with Crippen molar-refractivity contribution in [3.63, 3.8) is 0 Å². The fourth-order valence-electron chi connectivity index (χ4n) is 4.84. The third kappa shape index (κ3) is 3.12. The van der Waals surface area contributed by atoms with E-state index >= 15 is 0 Å². The van der Waals surface area contributed by atoms with Gasteiger partial charge >= 0.3 is 0 Å². The second kappa shape index (κ2) is 6.43. The molecule has 6 heteroatoms. The molecule has 1 atom stereocenters. The number of benzene rings is 1. The van der Waals surface area contributed by atoms with Gasteiger partial charge in [0.05, 0.1) is 11.2 Å². The normalized spacial score (nSPS) is 22.0. The van der Waals surface area contributed by atoms with Crippen molar-refractivity contribution >= 4 is 15.8 Å². The van der Waals surface area contributed by atoms with Crippen molar-refractivity contribution in [1.82, 2.24) is 4.90 Å². The van der Waals surface area contributed by atoms with Crippen molar-refractivity contribution in [2.45, 2.75) is 62.5 Å². The molecular formula is C20H29N3O2S. The number of nitrogens with two attached hydrogens (primary N) is 1. The molecule has 0 bridgehead atoms. The molecule has 1 saturated carbocycles. The van der Waals surface area contributed by atoms with Crippen LogP contribution in [0.1, 0.15) is 53.5 Å². The zero-order valence-corrected chi connectivity index (χ0v) is 16.7. The summed E-state index contributed by atoms with van der Waals surface area (Å²) in [5.41, 5.74) is 6.70. The van der Waals surface area contributed by atoms with Crippen LogP contribution in [0.25, 0.3) is 0 Å². The molecule has 4 rings (SSSR count). The topological polar surface area (TPSA) is 75.8 Å². The lowest BCUT2D eigenvalue weighted by atomic mass is 9.92. The fourth-order valence-corrected chi connectivity index (χ4v) is 6.53. The Labute approximate surface area is 156 Å². The van der Waals surface area contributed by atoms with Crippen LogP contribution in [0, 0.1) is 0 Å². The first-order chi connectivity index (χ1) is 12.3. The Bertz CT molecular complexity index is 845. The summed E-state index contributed by atoms with van der Waals surface area (Å²) in [5, 5.41) is 6.10. The van der Waals surface area contributed by atoms with Crippen LogP contribution in [0.2, 0.25) is 0 Å². The van der Waals surface area contributed by atoms with Gasteiger partial charge < -0.3 is 4.90 Å². The summed E-state index contributed by atoms with van der Waals surface area (Å²) in [7, 11) is 0.869. The molecular weight excluding hydrogens is 346 g/mol. The molecule has 0 heterocycles. The van der Waals surface area contributed by atoms with E-state index < -0.39 is 14.7 Å². The molecule has 3 aliphatic rings. The van der Waals surface area contributed by atoms with Crippen LogP contribution in [-0.4, -0.2) is 40.4 Å². The van der Waals surface area contributed by atoms with E-state index in [2.05, 4.69) is 10.4 Å². The summed E-state index contributed by atoms with van der Waals surface area (Å²) in [6, 6.07) is 2.36. The molecule has 0 spiro atoms. The van der Waals surface area contributed by atoms with E-state index in [-0.39, 0.29) is 12.3 Å². The molecule has 1 fully saturated rings. The molecule has 26 heavy (non-hydrogen) atoms. The predicted molar refractivity (Wildman–Crippen MR) is 104 cm³/mol. The average molecular weight is 376 g/mol. The summed E-state index contributed by atoms with van der Waals surface area (Å²) in [4.78, 5) is 14.7. The van der Waals surface area contributed by atoms with Gasteiger partial charge in [-0.3, -0.25) is 4.79 Å². The molecule has 1 amide bonds. The van der Waals surface area contributed by atoms with Gasteiger partial charge in [-0.25, -0.2) is 9.35 Å². The van der Waals surface area contributed by atoms with Gasteiger partial charge in [0.15, 0.2) is 0 Å². The SMILES string of the molecule is CN(C)CC1(S(N)(=O)=NC(=O)Cc2c3c(cc4c2CCC4)CCC3)CC1. The van der Waals surface area contributed by atoms with E-state index in [1.807, 2.05) is 19.0 Å². The highest BCUT2D eigenvalue weighted by Gasteiger charge is 2.51. The standard InChI is InChI=1S/C20H29N3O2S/c1-23(2)13-20(9-10-20)26(21,25)22-19(24)12-18-16-7-3-5-14(16)11-15-6-4-8-17(15)18/h11H,3-10,12-13H2,1-2H3,(H2,21,22,24,25). The van der Waals surface area contributed by atoms with Crippen LogP contribution >= 0.6 is 0 Å². The maximum atomic E-state index is 13.0. The molecule has 3 aliphatic carbocycles. The Hall–Kier alpha value is -1.24. The van der Waals surface area contributed by atoms with Gasteiger partial charge in [0.1, 0.15) is 9.92 Å². The quantitative estimate of drug-likeness (QED) is 0.857. The summed E-state index contributed by atoms with van der Waals surface area (Å²) < 4.78 is 16.6. The minimum absolute atomic E-state index is 0.262. The Balaban J connectivity index is 1.63. The first-order valence-corrected chi connectivity index (χ1v) is 11.3. The first-order valence-electron chi connectivity index (χ1n) is 9.69. The number of amides is 1. The van der Waals surface area contributed by atoms with Crippen molar-refractivity contribution in [3.8, 4) is 0 Å². The van der Waals surface area contributed by atoms with E-state index in [9.17, 15) is 9.00 Å². The highest BCUT2D eigenvalue weighted by atomic mass is 32.2. The second-order valence-corrected chi connectivity index (χ2v) is 10.7. The Morgan fingerprint density at radius 2 is 1.73 bits per heavy atom. The molecule has 2 N–H and O–H groups in total. The number of aryl methyl sites for hydroxylation is 2. The summed E-state index contributed by atoms with van der Waals surface area (Å²) in [6.07, 6.45) is 8.48. The number of hydrogen-bond donors (Lipinski definition) is 1. The van der Waals surface area contributed by atoms with Gasteiger partial charge in [0.2, 0.25) is 0 Å². The maximum absolute atomic E-state index is 13.0. The first kappa shape index (κ1) is 18.1. The van der Waals surface area contributed by atoms with E-state index in [1.54, 1.807) is 0 Å². The van der Waals surface area contributed by atoms with Crippen LogP contribution in [0.15, 0.2) is 10.4 Å². The average Bonchev–Trinajstić information content (AvgIpc) is 2.98. The van der Waals surface area contributed by atoms with Gasteiger partial charge in [-0.1, -0.05) is 6.07 Å². The van der Waals surface area contributed by atoms with Gasteiger partial charge in [-0.05, 0) is 93.3 Å². The summed E-state index contributed by atoms with van der Waals surface area (Å²) in [5.74, 6) is -0.308. The largest absolute Gasteiger partial charge is 0.308 e. The fraction of sp³-hybridized carbons (Fsp3) is 0.650. The van der Waals surface area contributed by atoms with Crippen LogP contribution in [-0.2, 0) is 46.8 Å². The Morgan fingerprint density at radius 3 is 2.23 bits per heavy atom. The van der Waals surface area contributed by atoms with Gasteiger partial charge in [0, 0.05) is 6.54 Å². The summed E-state index contributed by atoms with van der Waals surface area (Å²) >= 11 is 0. The van der Waals surface area contributed by atoms with Gasteiger partial charge in [0.25, 0.3) is 5.91 Å². The van der Waals surface area contributed by atoms with Crippen LogP contribution < -0.4 is 5.14 Å². The van der Waals surface area contributed by atoms with Crippen LogP contribution in [0.3, 0.4) is 0 Å². The molecule has 1 aromatic rings. The number of nitrogens with zero attached hydrogens (tertiary/aromatic N) is 2. The number of carbonyl (C=O) groups excluding carboxylic acids is 1. The lowest BCUT2D eigenvalue weighted by Gasteiger charge is -2.21. The number of hydrogen-bond acceptors (Lipinski definition) is 3. The number of fused-ring (bicyclic) bond motifs is 2. The molecule has 1 unspecified atom stereocenters. The van der Waals surface area contributed by atoms with E-state index in [1.165, 1.54) is 27.8 Å². The van der Waals surface area contributed by atoms with Crippen LogP contribution in [0.4, 0.5) is 0 Å². The highest BCUT2D eigenvalue weighted by molar-refractivity contribution is 7.93. The minimum atomic E-state index is -3.01. The third-order valence-electron chi connectivity index (χ3n) is 6.20. The third-order valence-corrected chi connectivity index (χ3v) is 8.45. The van der Waals surface area contributed by atoms with Gasteiger partial charge in [-0.2, -0.15) is 0 Å². The number of carbonyl (C=O) groups is 1. The smallest absolute Gasteiger partial charge is 0.259 e. The van der Waals surface area contributed by atoms with Gasteiger partial charge in [-0.15, -0.1) is 4.36 Å².